The second-order valence-corrected chi connectivity index (χ2v) is 5.74. The smallest absolute Gasteiger partial charge is 0.175 e. The zero-order valence-electron chi connectivity index (χ0n) is 11.1. The lowest BCUT2D eigenvalue weighted by Gasteiger charge is -2.23. The Labute approximate surface area is 111 Å². The van der Waals surface area contributed by atoms with E-state index in [0.29, 0.717) is 0 Å². The molecule has 0 amide bonds. The van der Waals surface area contributed by atoms with Crippen LogP contribution in [-0.2, 0) is 6.42 Å². The van der Waals surface area contributed by atoms with Crippen molar-refractivity contribution in [2.24, 2.45) is 5.73 Å². The summed E-state index contributed by atoms with van der Waals surface area (Å²) in [5, 5.41) is 0. The summed E-state index contributed by atoms with van der Waals surface area (Å²) < 4.78 is 11.7. The first-order valence-corrected chi connectivity index (χ1v) is 6.28. The Balaban J connectivity index is 3.37. The molecular formula is C13H20BrNO2. The molecule has 0 radical (unpaired) electrons. The monoisotopic (exact) mass is 301 g/mol. The number of ether oxygens (including phenoxy) is 2. The largest absolute Gasteiger partial charge is 0.493 e. The van der Waals surface area contributed by atoms with Crippen LogP contribution in [0.5, 0.6) is 11.5 Å². The van der Waals surface area contributed by atoms with Crippen molar-refractivity contribution in [3.63, 3.8) is 0 Å². The van der Waals surface area contributed by atoms with Gasteiger partial charge in [-0.3, -0.25) is 0 Å². The second kappa shape index (κ2) is 5.27. The van der Waals surface area contributed by atoms with Crippen LogP contribution in [0.3, 0.4) is 0 Å². The number of benzene rings is 1. The minimum absolute atomic E-state index is 0.281. The Morgan fingerprint density at radius 1 is 1.24 bits per heavy atom. The maximum Gasteiger partial charge on any atom is 0.175 e. The van der Waals surface area contributed by atoms with Gasteiger partial charge in [0.25, 0.3) is 0 Å². The quantitative estimate of drug-likeness (QED) is 0.929. The Morgan fingerprint density at radius 3 is 2.18 bits per heavy atom. The molecule has 1 rings (SSSR count). The molecule has 17 heavy (non-hydrogen) atoms. The maximum absolute atomic E-state index is 6.08. The summed E-state index contributed by atoms with van der Waals surface area (Å²) in [5.41, 5.74) is 8.04. The fraction of sp³-hybridized carbons (Fsp3) is 0.538. The lowest BCUT2D eigenvalue weighted by atomic mass is 9.92. The fourth-order valence-corrected chi connectivity index (χ4v) is 2.53. The van der Waals surface area contributed by atoms with E-state index in [9.17, 15) is 0 Å². The first-order chi connectivity index (χ1) is 7.80. The number of nitrogens with two attached hydrogens (primary N) is 1. The van der Waals surface area contributed by atoms with Gasteiger partial charge in [0.2, 0.25) is 0 Å². The molecular weight excluding hydrogens is 282 g/mol. The number of hydrogen-bond donors (Lipinski definition) is 1. The molecule has 0 aromatic heterocycles. The average Bonchev–Trinajstić information content (AvgIpc) is 2.19. The second-order valence-electron chi connectivity index (χ2n) is 4.89. The molecule has 0 bridgehead atoms. The van der Waals surface area contributed by atoms with Crippen LogP contribution in [0.25, 0.3) is 0 Å². The van der Waals surface area contributed by atoms with Gasteiger partial charge in [0, 0.05) is 11.1 Å². The zero-order chi connectivity index (χ0) is 13.2. The lowest BCUT2D eigenvalue weighted by Crippen LogP contribution is -2.34. The highest BCUT2D eigenvalue weighted by Crippen LogP contribution is 2.41. The third-order valence-corrected chi connectivity index (χ3v) is 3.15. The molecule has 0 aliphatic heterocycles. The molecule has 4 heteroatoms. The molecule has 3 nitrogen and oxygen atoms in total. The van der Waals surface area contributed by atoms with Gasteiger partial charge in [0.1, 0.15) is 0 Å². The number of rotatable bonds is 4. The van der Waals surface area contributed by atoms with Gasteiger partial charge in [-0.2, -0.15) is 0 Å². The molecule has 0 saturated heterocycles. The molecule has 96 valence electrons. The molecule has 0 aliphatic rings. The molecule has 0 saturated carbocycles. The van der Waals surface area contributed by atoms with Gasteiger partial charge in [-0.1, -0.05) is 0 Å². The minimum Gasteiger partial charge on any atom is -0.493 e. The highest BCUT2D eigenvalue weighted by Gasteiger charge is 2.21. The van der Waals surface area contributed by atoms with Crippen molar-refractivity contribution in [3.8, 4) is 11.5 Å². The highest BCUT2D eigenvalue weighted by atomic mass is 79.9. The van der Waals surface area contributed by atoms with Gasteiger partial charge in [-0.05, 0) is 54.8 Å². The van der Waals surface area contributed by atoms with E-state index >= 15 is 0 Å². The van der Waals surface area contributed by atoms with E-state index in [1.54, 1.807) is 14.2 Å². The van der Waals surface area contributed by atoms with E-state index in [1.165, 1.54) is 0 Å². The molecule has 2 N–H and O–H groups in total. The third kappa shape index (κ3) is 3.36. The molecule has 0 atom stereocenters. The molecule has 0 spiro atoms. The van der Waals surface area contributed by atoms with E-state index in [-0.39, 0.29) is 5.54 Å². The molecule has 0 aliphatic carbocycles. The van der Waals surface area contributed by atoms with E-state index in [2.05, 4.69) is 15.9 Å². The summed E-state index contributed by atoms with van der Waals surface area (Å²) in [7, 11) is 3.28. The summed E-state index contributed by atoms with van der Waals surface area (Å²) in [6.07, 6.45) is 0.742. The van der Waals surface area contributed by atoms with E-state index in [1.807, 2.05) is 26.8 Å². The van der Waals surface area contributed by atoms with Crippen LogP contribution in [0.4, 0.5) is 0 Å². The summed E-state index contributed by atoms with van der Waals surface area (Å²) in [5.74, 6) is 1.48. The predicted molar refractivity (Wildman–Crippen MR) is 74.0 cm³/mol. The van der Waals surface area contributed by atoms with Crippen LogP contribution in [0.15, 0.2) is 10.5 Å². The van der Waals surface area contributed by atoms with Crippen LogP contribution >= 0.6 is 15.9 Å². The normalized spacial score (nSPS) is 11.5. The van der Waals surface area contributed by atoms with Crippen molar-refractivity contribution in [2.45, 2.75) is 32.7 Å². The van der Waals surface area contributed by atoms with Gasteiger partial charge in [-0.15, -0.1) is 0 Å². The molecule has 1 aromatic rings. The predicted octanol–water partition coefficient (Wildman–Crippen LogP) is 3.05. The highest BCUT2D eigenvalue weighted by molar-refractivity contribution is 9.10. The van der Waals surface area contributed by atoms with Crippen LogP contribution in [0.1, 0.15) is 25.0 Å². The minimum atomic E-state index is -0.281. The Hall–Kier alpha value is -0.740. The van der Waals surface area contributed by atoms with E-state index in [4.69, 9.17) is 15.2 Å². The van der Waals surface area contributed by atoms with Crippen molar-refractivity contribution in [2.75, 3.05) is 14.2 Å². The Kier molecular flexibility index (Phi) is 4.44. The average molecular weight is 302 g/mol. The van der Waals surface area contributed by atoms with E-state index in [0.717, 1.165) is 33.5 Å². The van der Waals surface area contributed by atoms with Crippen molar-refractivity contribution < 1.29 is 9.47 Å². The number of hydrogen-bond acceptors (Lipinski definition) is 3. The molecule has 1 aromatic carbocycles. The van der Waals surface area contributed by atoms with Crippen molar-refractivity contribution >= 4 is 15.9 Å². The van der Waals surface area contributed by atoms with E-state index < -0.39 is 0 Å². The van der Waals surface area contributed by atoms with Gasteiger partial charge in [-0.25, -0.2) is 0 Å². The van der Waals surface area contributed by atoms with Crippen molar-refractivity contribution in [1.82, 2.24) is 0 Å². The van der Waals surface area contributed by atoms with Gasteiger partial charge >= 0.3 is 0 Å². The number of methoxy groups -OCH3 is 2. The van der Waals surface area contributed by atoms with Crippen molar-refractivity contribution in [3.05, 3.63) is 21.7 Å². The first-order valence-electron chi connectivity index (χ1n) is 5.49. The Morgan fingerprint density at radius 2 is 1.76 bits per heavy atom. The molecule has 0 unspecified atom stereocenters. The van der Waals surface area contributed by atoms with Crippen LogP contribution in [0, 0.1) is 6.92 Å². The lowest BCUT2D eigenvalue weighted by molar-refractivity contribution is 0.346. The van der Waals surface area contributed by atoms with Crippen molar-refractivity contribution in [1.29, 1.82) is 0 Å². The molecule has 0 heterocycles. The number of aryl methyl sites for hydroxylation is 1. The first kappa shape index (κ1) is 14.3. The van der Waals surface area contributed by atoms with Gasteiger partial charge in [0.15, 0.2) is 11.5 Å². The van der Waals surface area contributed by atoms with Gasteiger partial charge in [0.05, 0.1) is 18.7 Å². The summed E-state index contributed by atoms with van der Waals surface area (Å²) in [4.78, 5) is 0. The Bertz CT molecular complexity index is 411. The summed E-state index contributed by atoms with van der Waals surface area (Å²) >= 11 is 3.48. The zero-order valence-corrected chi connectivity index (χ0v) is 12.6. The maximum atomic E-state index is 6.08. The fourth-order valence-electron chi connectivity index (χ4n) is 1.85. The van der Waals surface area contributed by atoms with Crippen LogP contribution in [-0.4, -0.2) is 19.8 Å². The standard InChI is InChI=1S/C13H20BrNO2/c1-8-6-10(14)12(17-5)11(16-4)9(8)7-13(2,3)15/h6H,7,15H2,1-5H3. The summed E-state index contributed by atoms with van der Waals surface area (Å²) in [6, 6.07) is 2.03. The summed E-state index contributed by atoms with van der Waals surface area (Å²) in [6.45, 7) is 6.05. The van der Waals surface area contributed by atoms with Crippen LogP contribution < -0.4 is 15.2 Å². The topological polar surface area (TPSA) is 44.5 Å². The SMILES string of the molecule is COc1c(Br)cc(C)c(CC(C)(C)N)c1OC. The molecule has 0 fully saturated rings. The third-order valence-electron chi connectivity index (χ3n) is 2.56. The van der Waals surface area contributed by atoms with Crippen LogP contribution in [0.2, 0.25) is 0 Å². The number of halogens is 1. The van der Waals surface area contributed by atoms with Gasteiger partial charge < -0.3 is 15.2 Å².